The number of likely N-dealkylation sites (N-methyl/N-ethyl adjacent to an activating group) is 1. The summed E-state index contributed by atoms with van der Waals surface area (Å²) in [4.78, 5) is 12.5. The van der Waals surface area contributed by atoms with Gasteiger partial charge in [0.25, 0.3) is 0 Å². The number of fused-ring (bicyclic) bond motifs is 6. The summed E-state index contributed by atoms with van der Waals surface area (Å²) in [7, 11) is 1.84. The first-order chi connectivity index (χ1) is 31.1. The van der Waals surface area contributed by atoms with Gasteiger partial charge in [-0.15, -0.1) is 0 Å². The van der Waals surface area contributed by atoms with E-state index < -0.39 is 36.4 Å². The minimum Gasteiger partial charge on any atom is -0.508 e. The Morgan fingerprint density at radius 2 is 1.91 bits per heavy atom. The number of hydrogen-bond acceptors (Lipinski definition) is 12. The van der Waals surface area contributed by atoms with Crippen LogP contribution >= 0.6 is 0 Å². The summed E-state index contributed by atoms with van der Waals surface area (Å²) in [6.45, 7) is 4.75. The van der Waals surface area contributed by atoms with Gasteiger partial charge in [-0.25, -0.2) is 0 Å². The third-order valence-electron chi connectivity index (χ3n) is 13.8. The number of benzene rings is 4. The molecule has 4 aromatic carbocycles. The zero-order valence-corrected chi connectivity index (χ0v) is 36.8. The van der Waals surface area contributed by atoms with Crippen molar-refractivity contribution in [3.63, 3.8) is 0 Å². The average Bonchev–Trinajstić information content (AvgIpc) is 3.86. The smallest absolute Gasteiger partial charge is 0.302 e. The molecule has 6 atom stereocenters. The summed E-state index contributed by atoms with van der Waals surface area (Å²) in [5.74, 6) is 8.01. The van der Waals surface area contributed by atoms with Gasteiger partial charge < -0.3 is 56.0 Å². The fourth-order valence-corrected chi connectivity index (χ4v) is 11.1. The van der Waals surface area contributed by atoms with Crippen LogP contribution in [0.2, 0.25) is 0 Å². The Bertz CT molecular complexity index is 2580. The van der Waals surface area contributed by atoms with E-state index in [1.165, 1.54) is 12.5 Å². The molecule has 4 bridgehead atoms. The Balaban J connectivity index is 1.27. The molecule has 1 unspecified atom stereocenters. The van der Waals surface area contributed by atoms with E-state index >= 15 is 0 Å². The molecule has 1 spiro atoms. The summed E-state index contributed by atoms with van der Waals surface area (Å²) in [5, 5.41) is 42.8. The van der Waals surface area contributed by atoms with Gasteiger partial charge in [0.15, 0.2) is 18.3 Å². The van der Waals surface area contributed by atoms with Gasteiger partial charge >= 0.3 is 5.97 Å². The number of aryl methyl sites for hydroxylation is 1. The number of carbonyl (C=O) groups excluding carboxylic acids is 1. The number of esters is 1. The number of aromatic hydroxyl groups is 2. The van der Waals surface area contributed by atoms with Gasteiger partial charge in [0.05, 0.1) is 17.8 Å². The fourth-order valence-electron chi connectivity index (χ4n) is 11.1. The van der Waals surface area contributed by atoms with Crippen LogP contribution in [0.1, 0.15) is 84.9 Å². The van der Waals surface area contributed by atoms with Crippen molar-refractivity contribution in [3.05, 3.63) is 117 Å². The number of dihydropyridines is 1. The molecule has 1 saturated carbocycles. The number of carbonyl (C=O) groups is 1. The van der Waals surface area contributed by atoms with Crippen molar-refractivity contribution >= 4 is 11.7 Å². The third kappa shape index (κ3) is 8.13. The number of anilines is 1. The van der Waals surface area contributed by atoms with E-state index in [1.807, 2.05) is 25.3 Å². The molecule has 12 heteroatoms. The number of allylic oxidation sites excluding steroid dienone is 3. The quantitative estimate of drug-likeness (QED) is 0.0318. The SMILES string of the molecule is CCNc1ccccc1CC[C@H]1C2=C(C#CCc3cc(O)c(OCCNC)cc3[C@H]3Oc4c(ccc5c4[C@@]4(CC[C@H]1C4)Cc1cc(O)cc(OCO)c1-5)[C@@H]3COC(C)=O)NC(N)C=C2. The van der Waals surface area contributed by atoms with Crippen molar-refractivity contribution in [3.8, 4) is 51.7 Å². The number of ether oxygens (including phenoxy) is 4. The fraction of sp³-hybridized carbons (Fsp3) is 0.404. The zero-order chi connectivity index (χ0) is 44.5. The summed E-state index contributed by atoms with van der Waals surface area (Å²) in [5.41, 5.74) is 16.7. The Hall–Kier alpha value is -6.13. The van der Waals surface area contributed by atoms with E-state index in [1.54, 1.807) is 12.1 Å². The van der Waals surface area contributed by atoms with Gasteiger partial charge in [-0.2, -0.15) is 0 Å². The number of nitrogens with one attached hydrogen (secondary N) is 3. The first kappa shape index (κ1) is 43.1. The Morgan fingerprint density at radius 1 is 1.05 bits per heavy atom. The van der Waals surface area contributed by atoms with Crippen LogP contribution in [0.5, 0.6) is 28.7 Å². The lowest BCUT2D eigenvalue weighted by Crippen LogP contribution is -2.38. The molecule has 2 aliphatic carbocycles. The van der Waals surface area contributed by atoms with Crippen molar-refractivity contribution in [1.29, 1.82) is 0 Å². The Labute approximate surface area is 374 Å². The molecule has 3 aliphatic heterocycles. The topological polar surface area (TPSA) is 177 Å². The molecule has 8 N–H and O–H groups in total. The van der Waals surface area contributed by atoms with Crippen LogP contribution in [-0.2, 0) is 34.2 Å². The third-order valence-corrected chi connectivity index (χ3v) is 13.8. The van der Waals surface area contributed by atoms with Crippen molar-refractivity contribution in [2.45, 2.75) is 82.4 Å². The molecule has 9 rings (SSSR count). The summed E-state index contributed by atoms with van der Waals surface area (Å²) >= 11 is 0. The number of rotatable bonds is 13. The van der Waals surface area contributed by atoms with Crippen LogP contribution in [0.15, 0.2) is 84.1 Å². The average molecular weight is 867 g/mol. The number of para-hydroxylation sites is 1. The maximum Gasteiger partial charge on any atom is 0.302 e. The van der Waals surface area contributed by atoms with E-state index in [9.17, 15) is 20.1 Å². The second-order valence-corrected chi connectivity index (χ2v) is 17.7. The van der Waals surface area contributed by atoms with Gasteiger partial charge in [0.2, 0.25) is 0 Å². The van der Waals surface area contributed by atoms with E-state index in [0.717, 1.165) is 100 Å². The van der Waals surface area contributed by atoms with Gasteiger partial charge in [-0.3, -0.25) is 4.79 Å². The van der Waals surface area contributed by atoms with Gasteiger partial charge in [0.1, 0.15) is 36.6 Å². The van der Waals surface area contributed by atoms with Crippen molar-refractivity contribution in [2.24, 2.45) is 17.6 Å². The Kier molecular flexibility index (Phi) is 12.2. The number of hydrogen-bond donors (Lipinski definition) is 7. The molecule has 0 saturated heterocycles. The minimum atomic E-state index is -0.637. The van der Waals surface area contributed by atoms with Crippen LogP contribution < -0.4 is 35.9 Å². The summed E-state index contributed by atoms with van der Waals surface area (Å²) in [6, 6.07) is 19.7. The highest BCUT2D eigenvalue weighted by Gasteiger charge is 2.52. The molecule has 1 fully saturated rings. The van der Waals surface area contributed by atoms with Crippen molar-refractivity contribution in [1.82, 2.24) is 10.6 Å². The van der Waals surface area contributed by atoms with Crippen LogP contribution in [0.4, 0.5) is 5.69 Å². The number of aliphatic hydroxyl groups excluding tert-OH is 1. The lowest BCUT2D eigenvalue weighted by molar-refractivity contribution is -0.141. The maximum atomic E-state index is 12.5. The maximum absolute atomic E-state index is 12.5. The highest BCUT2D eigenvalue weighted by Crippen LogP contribution is 2.63. The molecule has 0 amide bonds. The summed E-state index contributed by atoms with van der Waals surface area (Å²) < 4.78 is 25.2. The van der Waals surface area contributed by atoms with Crippen LogP contribution in [-0.4, -0.2) is 67.6 Å². The molecule has 334 valence electrons. The normalized spacial score (nSPS) is 23.5. The molecule has 4 aromatic rings. The first-order valence-corrected chi connectivity index (χ1v) is 22.6. The van der Waals surface area contributed by atoms with Crippen molar-refractivity contribution in [2.75, 3.05) is 45.5 Å². The van der Waals surface area contributed by atoms with E-state index in [0.29, 0.717) is 31.1 Å². The molecular weight excluding hydrogens is 809 g/mol. The molecule has 0 radical (unpaired) electrons. The Morgan fingerprint density at radius 3 is 2.72 bits per heavy atom. The molecule has 0 aromatic heterocycles. The molecule has 5 aliphatic rings. The van der Waals surface area contributed by atoms with Crippen molar-refractivity contribution < 1.29 is 39.1 Å². The zero-order valence-electron chi connectivity index (χ0n) is 36.8. The second kappa shape index (κ2) is 18.2. The highest BCUT2D eigenvalue weighted by atomic mass is 16.6. The largest absolute Gasteiger partial charge is 0.508 e. The van der Waals surface area contributed by atoms with Crippen LogP contribution in [0.3, 0.4) is 0 Å². The van der Waals surface area contributed by atoms with Gasteiger partial charge in [-0.1, -0.05) is 42.3 Å². The number of phenols is 2. The molecule has 12 nitrogen and oxygen atoms in total. The van der Waals surface area contributed by atoms with E-state index in [4.69, 9.17) is 24.7 Å². The van der Waals surface area contributed by atoms with E-state index in [2.05, 4.69) is 77.2 Å². The first-order valence-electron chi connectivity index (χ1n) is 22.6. The van der Waals surface area contributed by atoms with Crippen LogP contribution in [0.25, 0.3) is 11.1 Å². The molecule has 64 heavy (non-hydrogen) atoms. The minimum absolute atomic E-state index is 0.00918. The molecule has 3 heterocycles. The highest BCUT2D eigenvalue weighted by molar-refractivity contribution is 5.84. The lowest BCUT2D eigenvalue weighted by atomic mass is 9.64. The number of nitrogens with two attached hydrogens (primary N) is 1. The standard InChI is InChI=1S/C52H58N4O8/c1-4-55-42-10-6-5-8-31(42)12-13-36-33-18-19-52(26-33)27-34-22-35(59)24-46(63-29-57)48(34)39-15-14-38-41(28-62-30(2)58)50(64-51(38)49(39)52)40-25-45(61-21-20-54-3)44(60)23-32(40)9-7-11-43-37(36)16-17-47(53)56-43/h5-6,8,10,14-17,22-25,33,36,41,47,50,54-57,59-60H,4,9,12-13,18-21,26-29,53H2,1-3H3/t33-,36+,41-,47?,50+,52+/m0/s1. The van der Waals surface area contributed by atoms with E-state index in [-0.39, 0.29) is 36.4 Å². The predicted octanol–water partition coefficient (Wildman–Crippen LogP) is 7.00. The monoisotopic (exact) mass is 866 g/mol. The molecular formula is C52H58N4O8. The van der Waals surface area contributed by atoms with Crippen LogP contribution in [0, 0.1) is 23.7 Å². The van der Waals surface area contributed by atoms with Gasteiger partial charge in [0, 0.05) is 65.9 Å². The predicted molar refractivity (Wildman–Crippen MR) is 245 cm³/mol. The number of aliphatic hydroxyl groups is 1. The second-order valence-electron chi connectivity index (χ2n) is 17.7. The summed E-state index contributed by atoms with van der Waals surface area (Å²) in [6.07, 6.45) is 8.34. The lowest BCUT2D eigenvalue weighted by Gasteiger charge is -2.40. The number of phenolic OH excluding ortho intramolecular Hbond substituents is 2. The van der Waals surface area contributed by atoms with Gasteiger partial charge in [-0.05, 0) is 128 Å².